The molecule has 1 atom stereocenters. The van der Waals surface area contributed by atoms with E-state index in [9.17, 15) is 9.90 Å². The summed E-state index contributed by atoms with van der Waals surface area (Å²) in [6.07, 6.45) is 6.60. The fourth-order valence-corrected chi connectivity index (χ4v) is 3.88. The fraction of sp³-hybridized carbons (Fsp3) is 0.611. The number of aryl methyl sites for hydroxylation is 1. The zero-order chi connectivity index (χ0) is 15.9. The van der Waals surface area contributed by atoms with E-state index < -0.39 is 12.1 Å². The summed E-state index contributed by atoms with van der Waals surface area (Å²) in [6, 6.07) is 6.44. The van der Waals surface area contributed by atoms with Gasteiger partial charge in [0.15, 0.2) is 6.10 Å². The van der Waals surface area contributed by atoms with E-state index in [2.05, 4.69) is 34.1 Å². The number of rotatable bonds is 6. The van der Waals surface area contributed by atoms with Crippen molar-refractivity contribution in [1.82, 2.24) is 0 Å². The summed E-state index contributed by atoms with van der Waals surface area (Å²) in [6.45, 7) is 2.04. The first-order valence-corrected chi connectivity index (χ1v) is 9.04. The Bertz CT molecular complexity index is 495. The minimum absolute atomic E-state index is 0.303. The fourth-order valence-electron chi connectivity index (χ4n) is 3.13. The van der Waals surface area contributed by atoms with E-state index in [4.69, 9.17) is 4.74 Å². The van der Waals surface area contributed by atoms with Crippen LogP contribution in [0.2, 0.25) is 0 Å². The molecule has 0 aliphatic heterocycles. The molecule has 2 rings (SSSR count). The van der Waals surface area contributed by atoms with Gasteiger partial charge in [0.1, 0.15) is 0 Å². The predicted molar refractivity (Wildman–Crippen MR) is 90.9 cm³/mol. The maximum absolute atomic E-state index is 11.4. The van der Waals surface area contributed by atoms with Gasteiger partial charge in [-0.05, 0) is 55.7 Å². The second-order valence-corrected chi connectivity index (χ2v) is 6.85. The van der Waals surface area contributed by atoms with Crippen molar-refractivity contribution in [3.05, 3.63) is 33.8 Å². The topological polar surface area (TPSA) is 46.5 Å². The Balaban J connectivity index is 1.93. The highest BCUT2D eigenvalue weighted by Crippen LogP contribution is 2.36. The maximum atomic E-state index is 11.4. The number of esters is 1. The van der Waals surface area contributed by atoms with Crippen LogP contribution in [-0.4, -0.2) is 23.8 Å². The predicted octanol–water partition coefficient (Wildman–Crippen LogP) is 4.35. The standard InChI is InChI=1S/C18H25BrO3/c1-2-22-18(21)17(20)11-9-13-8-10-15(16(19)12-13)14-6-4-3-5-7-14/h8,10,12,14,17,20H,2-7,9,11H2,1H3. The molecule has 1 aliphatic rings. The molecule has 1 aliphatic carbocycles. The molecule has 0 aromatic heterocycles. The SMILES string of the molecule is CCOC(=O)C(O)CCc1ccc(C2CCCCC2)c(Br)c1. The largest absolute Gasteiger partial charge is 0.464 e. The molecular weight excluding hydrogens is 344 g/mol. The molecule has 1 saturated carbocycles. The molecule has 0 radical (unpaired) electrons. The first kappa shape index (κ1) is 17.5. The van der Waals surface area contributed by atoms with E-state index in [-0.39, 0.29) is 0 Å². The van der Waals surface area contributed by atoms with Crippen molar-refractivity contribution >= 4 is 21.9 Å². The highest BCUT2D eigenvalue weighted by molar-refractivity contribution is 9.10. The number of aliphatic hydroxyl groups excluding tert-OH is 1. The number of aliphatic hydroxyl groups is 1. The molecule has 0 saturated heterocycles. The monoisotopic (exact) mass is 368 g/mol. The molecule has 1 unspecified atom stereocenters. The molecule has 22 heavy (non-hydrogen) atoms. The molecule has 1 N–H and O–H groups in total. The molecule has 0 heterocycles. The first-order valence-electron chi connectivity index (χ1n) is 8.24. The van der Waals surface area contributed by atoms with E-state index in [1.165, 1.54) is 37.7 Å². The number of ether oxygens (including phenoxy) is 1. The van der Waals surface area contributed by atoms with Crippen LogP contribution in [0.15, 0.2) is 22.7 Å². The van der Waals surface area contributed by atoms with Gasteiger partial charge in [-0.15, -0.1) is 0 Å². The minimum atomic E-state index is -1.03. The van der Waals surface area contributed by atoms with Crippen LogP contribution >= 0.6 is 15.9 Å². The summed E-state index contributed by atoms with van der Waals surface area (Å²) in [4.78, 5) is 11.4. The highest BCUT2D eigenvalue weighted by atomic mass is 79.9. The molecule has 0 spiro atoms. The Morgan fingerprint density at radius 2 is 2.09 bits per heavy atom. The molecule has 1 fully saturated rings. The van der Waals surface area contributed by atoms with Crippen LogP contribution < -0.4 is 0 Å². The average Bonchev–Trinajstić information content (AvgIpc) is 2.53. The Morgan fingerprint density at radius 1 is 1.36 bits per heavy atom. The lowest BCUT2D eigenvalue weighted by Gasteiger charge is -2.23. The zero-order valence-electron chi connectivity index (χ0n) is 13.2. The van der Waals surface area contributed by atoms with E-state index in [1.54, 1.807) is 6.92 Å². The average molecular weight is 369 g/mol. The summed E-state index contributed by atoms with van der Waals surface area (Å²) in [5.74, 6) is 0.141. The number of benzene rings is 1. The molecule has 4 heteroatoms. The third kappa shape index (κ3) is 4.82. The van der Waals surface area contributed by atoms with Crippen molar-refractivity contribution < 1.29 is 14.6 Å². The Kier molecular flexibility index (Phi) is 6.90. The lowest BCUT2D eigenvalue weighted by molar-refractivity contribution is -0.153. The van der Waals surface area contributed by atoms with Gasteiger partial charge >= 0.3 is 5.97 Å². The van der Waals surface area contributed by atoms with Crippen LogP contribution in [0, 0.1) is 0 Å². The molecular formula is C18H25BrO3. The Labute approximate surface area is 141 Å². The Hall–Kier alpha value is -0.870. The second-order valence-electron chi connectivity index (χ2n) is 6.00. The van der Waals surface area contributed by atoms with E-state index in [0.717, 1.165) is 10.0 Å². The quantitative estimate of drug-likeness (QED) is 0.759. The molecule has 3 nitrogen and oxygen atoms in total. The van der Waals surface area contributed by atoms with Crippen molar-refractivity contribution in [1.29, 1.82) is 0 Å². The van der Waals surface area contributed by atoms with Gasteiger partial charge in [0.2, 0.25) is 0 Å². The van der Waals surface area contributed by atoms with Crippen molar-refractivity contribution in [2.24, 2.45) is 0 Å². The summed E-state index contributed by atoms with van der Waals surface area (Å²) >= 11 is 3.69. The molecule has 1 aromatic rings. The van der Waals surface area contributed by atoms with Crippen LogP contribution in [0.3, 0.4) is 0 Å². The summed E-state index contributed by atoms with van der Waals surface area (Å²) in [5.41, 5.74) is 2.53. The van der Waals surface area contributed by atoms with E-state index in [0.29, 0.717) is 25.4 Å². The summed E-state index contributed by atoms with van der Waals surface area (Å²) in [5, 5.41) is 9.75. The van der Waals surface area contributed by atoms with E-state index >= 15 is 0 Å². The number of hydrogen-bond acceptors (Lipinski definition) is 3. The van der Waals surface area contributed by atoms with Gasteiger partial charge in [0.05, 0.1) is 6.61 Å². The minimum Gasteiger partial charge on any atom is -0.464 e. The number of carbonyl (C=O) groups is 1. The van der Waals surface area contributed by atoms with Crippen molar-refractivity contribution in [2.75, 3.05) is 6.61 Å². The van der Waals surface area contributed by atoms with Gasteiger partial charge in [-0.25, -0.2) is 4.79 Å². The van der Waals surface area contributed by atoms with Crippen molar-refractivity contribution in [3.63, 3.8) is 0 Å². The lowest BCUT2D eigenvalue weighted by Crippen LogP contribution is -2.23. The van der Waals surface area contributed by atoms with Crippen molar-refractivity contribution in [3.8, 4) is 0 Å². The molecule has 0 amide bonds. The molecule has 1 aromatic carbocycles. The molecule has 122 valence electrons. The normalized spacial score (nSPS) is 17.2. The number of hydrogen-bond donors (Lipinski definition) is 1. The van der Waals surface area contributed by atoms with Gasteiger partial charge in [-0.2, -0.15) is 0 Å². The van der Waals surface area contributed by atoms with Gasteiger partial charge in [0.25, 0.3) is 0 Å². The third-order valence-corrected chi connectivity index (χ3v) is 5.06. The van der Waals surface area contributed by atoms with Gasteiger partial charge in [-0.1, -0.05) is 47.3 Å². The third-order valence-electron chi connectivity index (χ3n) is 4.37. The molecule has 0 bridgehead atoms. The van der Waals surface area contributed by atoms with Crippen molar-refractivity contribution in [2.45, 2.75) is 63.9 Å². The van der Waals surface area contributed by atoms with Crippen LogP contribution in [0.5, 0.6) is 0 Å². The van der Waals surface area contributed by atoms with Crippen LogP contribution in [0.4, 0.5) is 0 Å². The lowest BCUT2D eigenvalue weighted by atomic mass is 9.84. The maximum Gasteiger partial charge on any atom is 0.334 e. The Morgan fingerprint density at radius 3 is 2.73 bits per heavy atom. The van der Waals surface area contributed by atoms with Gasteiger partial charge in [-0.3, -0.25) is 0 Å². The van der Waals surface area contributed by atoms with Gasteiger partial charge in [0, 0.05) is 4.47 Å². The van der Waals surface area contributed by atoms with Crippen LogP contribution in [0.25, 0.3) is 0 Å². The summed E-state index contributed by atoms with van der Waals surface area (Å²) < 4.78 is 5.97. The highest BCUT2D eigenvalue weighted by Gasteiger charge is 2.19. The smallest absolute Gasteiger partial charge is 0.334 e. The van der Waals surface area contributed by atoms with Gasteiger partial charge < -0.3 is 9.84 Å². The second kappa shape index (κ2) is 8.68. The number of carbonyl (C=O) groups excluding carboxylic acids is 1. The van der Waals surface area contributed by atoms with Crippen LogP contribution in [0.1, 0.15) is 62.5 Å². The van der Waals surface area contributed by atoms with Crippen LogP contribution in [-0.2, 0) is 16.0 Å². The summed E-state index contributed by atoms with van der Waals surface area (Å²) in [7, 11) is 0. The van der Waals surface area contributed by atoms with E-state index in [1.807, 2.05) is 0 Å². The first-order chi connectivity index (χ1) is 10.6. The number of halogens is 1. The zero-order valence-corrected chi connectivity index (χ0v) is 14.8.